The number of rotatable bonds is 9. The Bertz CT molecular complexity index is 915. The van der Waals surface area contributed by atoms with Crippen molar-refractivity contribution in [1.82, 2.24) is 4.90 Å². The highest BCUT2D eigenvalue weighted by Crippen LogP contribution is 2.17. The van der Waals surface area contributed by atoms with Crippen LogP contribution in [-0.2, 0) is 13.1 Å². The van der Waals surface area contributed by atoms with E-state index < -0.39 is 6.10 Å². The van der Waals surface area contributed by atoms with Crippen molar-refractivity contribution < 1.29 is 18.6 Å². The number of aryl methyl sites for hydroxylation is 1. The summed E-state index contributed by atoms with van der Waals surface area (Å²) in [5, 5.41) is 10.5. The molecule has 3 aromatic rings. The molecule has 0 aliphatic carbocycles. The molecule has 0 saturated heterocycles. The first kappa shape index (κ1) is 21.0. The molecule has 3 nitrogen and oxygen atoms in total. The van der Waals surface area contributed by atoms with Crippen molar-refractivity contribution >= 4 is 0 Å². The lowest BCUT2D eigenvalue weighted by Crippen LogP contribution is -2.35. The zero-order valence-corrected chi connectivity index (χ0v) is 16.4. The fraction of sp³-hybridized carbons (Fsp3) is 0.250. The summed E-state index contributed by atoms with van der Waals surface area (Å²) in [4.78, 5) is 1.93. The molecule has 0 aliphatic rings. The van der Waals surface area contributed by atoms with Gasteiger partial charge in [0.1, 0.15) is 30.1 Å². The lowest BCUT2D eigenvalue weighted by atomic mass is 10.1. The predicted octanol–water partition coefficient (Wildman–Crippen LogP) is 4.72. The summed E-state index contributed by atoms with van der Waals surface area (Å²) < 4.78 is 33.1. The molecule has 1 N–H and O–H groups in total. The van der Waals surface area contributed by atoms with Crippen LogP contribution in [0.5, 0.6) is 5.75 Å². The molecule has 0 radical (unpaired) electrons. The van der Waals surface area contributed by atoms with Gasteiger partial charge in [0.2, 0.25) is 0 Å². The molecule has 0 saturated carbocycles. The molecule has 1 unspecified atom stereocenters. The van der Waals surface area contributed by atoms with Crippen LogP contribution in [0.3, 0.4) is 0 Å². The standard InChI is InChI=1S/C24H25F2NO2/c1-18-6-2-5-9-24(18)29-17-22(28)16-27(14-19-10-12-21(25)13-11-19)15-20-7-3-4-8-23(20)26/h2-13,22,28H,14-17H2,1H3. The number of aliphatic hydroxyl groups excluding tert-OH is 1. The van der Waals surface area contributed by atoms with Crippen molar-refractivity contribution in [2.75, 3.05) is 13.2 Å². The average Bonchev–Trinajstić information content (AvgIpc) is 2.71. The molecular formula is C24H25F2NO2. The topological polar surface area (TPSA) is 32.7 Å². The van der Waals surface area contributed by atoms with E-state index in [1.165, 1.54) is 18.2 Å². The molecule has 0 bridgehead atoms. The van der Waals surface area contributed by atoms with Gasteiger partial charge in [-0.3, -0.25) is 4.90 Å². The molecule has 0 amide bonds. The van der Waals surface area contributed by atoms with E-state index in [1.807, 2.05) is 36.1 Å². The van der Waals surface area contributed by atoms with Crippen molar-refractivity contribution in [2.45, 2.75) is 26.1 Å². The molecular weight excluding hydrogens is 372 g/mol. The number of benzene rings is 3. The molecule has 0 aliphatic heterocycles. The third-order valence-corrected chi connectivity index (χ3v) is 4.66. The lowest BCUT2D eigenvalue weighted by molar-refractivity contribution is 0.0622. The van der Waals surface area contributed by atoms with E-state index in [4.69, 9.17) is 4.74 Å². The van der Waals surface area contributed by atoms with Crippen LogP contribution in [0.1, 0.15) is 16.7 Å². The van der Waals surface area contributed by atoms with Gasteiger partial charge in [-0.05, 0) is 42.3 Å². The molecule has 5 heteroatoms. The van der Waals surface area contributed by atoms with Crippen LogP contribution in [0.4, 0.5) is 8.78 Å². The SMILES string of the molecule is Cc1ccccc1OCC(O)CN(Cc1ccc(F)cc1)Cc1ccccc1F. The number of hydrogen-bond acceptors (Lipinski definition) is 3. The van der Waals surface area contributed by atoms with Crippen LogP contribution in [0, 0.1) is 18.6 Å². The van der Waals surface area contributed by atoms with E-state index in [0.717, 1.165) is 16.9 Å². The number of hydrogen-bond donors (Lipinski definition) is 1. The second-order valence-corrected chi connectivity index (χ2v) is 7.12. The van der Waals surface area contributed by atoms with Gasteiger partial charge in [-0.1, -0.05) is 48.5 Å². The van der Waals surface area contributed by atoms with Gasteiger partial charge in [0, 0.05) is 25.2 Å². The third-order valence-electron chi connectivity index (χ3n) is 4.66. The molecule has 1 atom stereocenters. The lowest BCUT2D eigenvalue weighted by Gasteiger charge is -2.26. The summed E-state index contributed by atoms with van der Waals surface area (Å²) in [5.41, 5.74) is 2.42. The Kier molecular flexibility index (Phi) is 7.33. The molecule has 152 valence electrons. The first-order valence-electron chi connectivity index (χ1n) is 9.58. The number of para-hydroxylation sites is 1. The van der Waals surface area contributed by atoms with E-state index in [0.29, 0.717) is 18.7 Å². The van der Waals surface area contributed by atoms with Gasteiger partial charge in [-0.2, -0.15) is 0 Å². The fourth-order valence-electron chi connectivity index (χ4n) is 3.16. The number of ether oxygens (including phenoxy) is 1. The Balaban J connectivity index is 1.67. The van der Waals surface area contributed by atoms with Crippen molar-refractivity contribution in [3.63, 3.8) is 0 Å². The van der Waals surface area contributed by atoms with Gasteiger partial charge in [0.25, 0.3) is 0 Å². The minimum atomic E-state index is -0.762. The van der Waals surface area contributed by atoms with Gasteiger partial charge in [-0.25, -0.2) is 8.78 Å². The Labute approximate surface area is 170 Å². The van der Waals surface area contributed by atoms with Crippen LogP contribution < -0.4 is 4.74 Å². The predicted molar refractivity (Wildman–Crippen MR) is 110 cm³/mol. The second kappa shape index (κ2) is 10.1. The van der Waals surface area contributed by atoms with Crippen LogP contribution >= 0.6 is 0 Å². The highest BCUT2D eigenvalue weighted by atomic mass is 19.1. The minimum Gasteiger partial charge on any atom is -0.491 e. The summed E-state index contributed by atoms with van der Waals surface area (Å²) in [6.45, 7) is 3.14. The molecule has 0 fully saturated rings. The van der Waals surface area contributed by atoms with E-state index >= 15 is 0 Å². The Morgan fingerprint density at radius 2 is 1.59 bits per heavy atom. The summed E-state index contributed by atoms with van der Waals surface area (Å²) >= 11 is 0. The maximum atomic E-state index is 14.1. The quantitative estimate of drug-likeness (QED) is 0.567. The largest absolute Gasteiger partial charge is 0.491 e. The first-order valence-corrected chi connectivity index (χ1v) is 9.58. The third kappa shape index (κ3) is 6.38. The maximum absolute atomic E-state index is 14.1. The minimum absolute atomic E-state index is 0.127. The number of nitrogens with zero attached hydrogens (tertiary/aromatic N) is 1. The van der Waals surface area contributed by atoms with Crippen molar-refractivity contribution in [1.29, 1.82) is 0 Å². The van der Waals surface area contributed by atoms with Crippen LogP contribution in [0.25, 0.3) is 0 Å². The van der Waals surface area contributed by atoms with Crippen LogP contribution in [0.2, 0.25) is 0 Å². The number of halogens is 2. The Morgan fingerprint density at radius 3 is 2.31 bits per heavy atom. The molecule has 0 heterocycles. The van der Waals surface area contributed by atoms with Gasteiger partial charge in [0.05, 0.1) is 0 Å². The van der Waals surface area contributed by atoms with Crippen LogP contribution in [-0.4, -0.2) is 29.3 Å². The van der Waals surface area contributed by atoms with E-state index in [2.05, 4.69) is 0 Å². The van der Waals surface area contributed by atoms with Gasteiger partial charge >= 0.3 is 0 Å². The summed E-state index contributed by atoms with van der Waals surface area (Å²) in [6.07, 6.45) is -0.762. The highest BCUT2D eigenvalue weighted by Gasteiger charge is 2.16. The van der Waals surface area contributed by atoms with Crippen molar-refractivity contribution in [3.8, 4) is 5.75 Å². The van der Waals surface area contributed by atoms with Gasteiger partial charge in [0.15, 0.2) is 0 Å². The maximum Gasteiger partial charge on any atom is 0.127 e. The van der Waals surface area contributed by atoms with Crippen molar-refractivity contribution in [3.05, 3.63) is 101 Å². The Hall–Kier alpha value is -2.76. The van der Waals surface area contributed by atoms with Crippen LogP contribution in [0.15, 0.2) is 72.8 Å². The Morgan fingerprint density at radius 1 is 0.897 bits per heavy atom. The zero-order chi connectivity index (χ0) is 20.6. The molecule has 3 rings (SSSR count). The molecule has 3 aromatic carbocycles. The zero-order valence-electron chi connectivity index (χ0n) is 16.4. The fourth-order valence-corrected chi connectivity index (χ4v) is 3.16. The normalized spacial score (nSPS) is 12.2. The molecule has 29 heavy (non-hydrogen) atoms. The average molecular weight is 397 g/mol. The summed E-state index contributed by atoms with van der Waals surface area (Å²) in [5.74, 6) is 0.133. The smallest absolute Gasteiger partial charge is 0.127 e. The monoisotopic (exact) mass is 397 g/mol. The first-order chi connectivity index (χ1) is 14.0. The highest BCUT2D eigenvalue weighted by molar-refractivity contribution is 5.31. The molecule has 0 spiro atoms. The summed E-state index contributed by atoms with van der Waals surface area (Å²) in [7, 11) is 0. The van der Waals surface area contributed by atoms with E-state index in [-0.39, 0.29) is 24.8 Å². The van der Waals surface area contributed by atoms with E-state index in [9.17, 15) is 13.9 Å². The van der Waals surface area contributed by atoms with Gasteiger partial charge < -0.3 is 9.84 Å². The molecule has 0 aromatic heterocycles. The second-order valence-electron chi connectivity index (χ2n) is 7.12. The number of aliphatic hydroxyl groups is 1. The summed E-state index contributed by atoms with van der Waals surface area (Å²) in [6, 6.07) is 20.4. The van der Waals surface area contributed by atoms with E-state index in [1.54, 1.807) is 30.3 Å². The van der Waals surface area contributed by atoms with Crippen molar-refractivity contribution in [2.24, 2.45) is 0 Å². The van der Waals surface area contributed by atoms with Gasteiger partial charge in [-0.15, -0.1) is 0 Å².